The Hall–Kier alpha value is -2.97. The van der Waals surface area contributed by atoms with Gasteiger partial charge in [0.2, 0.25) is 5.91 Å². The molecule has 8 heteroatoms. The average molecular weight is 452 g/mol. The molecule has 32 heavy (non-hydrogen) atoms. The van der Waals surface area contributed by atoms with E-state index in [1.54, 1.807) is 35.8 Å². The summed E-state index contributed by atoms with van der Waals surface area (Å²) in [5.74, 6) is 0.918. The van der Waals surface area contributed by atoms with Gasteiger partial charge in [0, 0.05) is 56.3 Å². The smallest absolute Gasteiger partial charge is 0.251 e. The highest BCUT2D eigenvalue weighted by Gasteiger charge is 2.20. The highest BCUT2D eigenvalue weighted by atomic mass is 32.1. The lowest BCUT2D eigenvalue weighted by molar-refractivity contribution is -0.114. The van der Waals surface area contributed by atoms with Crippen molar-refractivity contribution in [2.24, 2.45) is 0 Å². The van der Waals surface area contributed by atoms with Crippen LogP contribution in [0.4, 0.5) is 11.5 Å². The molecule has 2 N–H and O–H groups in total. The van der Waals surface area contributed by atoms with E-state index >= 15 is 0 Å². The van der Waals surface area contributed by atoms with Crippen LogP contribution in [-0.2, 0) is 4.79 Å². The summed E-state index contributed by atoms with van der Waals surface area (Å²) in [6.45, 7) is 7.25. The number of rotatable bonds is 8. The standard InChI is InChI=1S/C24H29N5O2S/c1-18(30)26-20-10-8-19(9-11-20)24(31)25-12-4-5-13-28-14-16-29(17-15-28)23-21-6-2-3-7-22(21)32-27-23/h2-3,6-11H,4-5,12-17H2,1H3,(H,25,31)(H,26,30). The number of unbranched alkanes of at least 4 members (excludes halogenated alkanes) is 1. The van der Waals surface area contributed by atoms with Crippen molar-refractivity contribution in [3.05, 3.63) is 54.1 Å². The third-order valence-electron chi connectivity index (χ3n) is 5.68. The van der Waals surface area contributed by atoms with Crippen LogP contribution in [0.15, 0.2) is 48.5 Å². The minimum atomic E-state index is -0.125. The fourth-order valence-corrected chi connectivity index (χ4v) is 4.75. The monoisotopic (exact) mass is 451 g/mol. The van der Waals surface area contributed by atoms with E-state index < -0.39 is 0 Å². The molecule has 1 aromatic heterocycles. The number of anilines is 2. The number of hydrogen-bond acceptors (Lipinski definition) is 6. The van der Waals surface area contributed by atoms with Gasteiger partial charge in [-0.3, -0.25) is 14.5 Å². The SMILES string of the molecule is CC(=O)Nc1ccc(C(=O)NCCCCN2CCN(c3nsc4ccccc34)CC2)cc1. The molecule has 168 valence electrons. The summed E-state index contributed by atoms with van der Waals surface area (Å²) in [5.41, 5.74) is 1.29. The van der Waals surface area contributed by atoms with Crippen molar-refractivity contribution in [1.29, 1.82) is 0 Å². The number of aromatic nitrogens is 1. The summed E-state index contributed by atoms with van der Waals surface area (Å²) < 4.78 is 5.93. The molecule has 1 saturated heterocycles. The van der Waals surface area contributed by atoms with Gasteiger partial charge in [-0.25, -0.2) is 0 Å². The zero-order valence-electron chi connectivity index (χ0n) is 18.3. The first-order valence-electron chi connectivity index (χ1n) is 11.1. The van der Waals surface area contributed by atoms with Gasteiger partial charge in [0.05, 0.1) is 4.70 Å². The molecule has 2 heterocycles. The van der Waals surface area contributed by atoms with Crippen LogP contribution in [-0.4, -0.2) is 60.4 Å². The molecule has 1 fully saturated rings. The summed E-state index contributed by atoms with van der Waals surface area (Å²) in [5, 5.41) is 6.93. The van der Waals surface area contributed by atoms with Gasteiger partial charge in [0.25, 0.3) is 5.91 Å². The number of benzene rings is 2. The van der Waals surface area contributed by atoms with E-state index in [1.807, 2.05) is 0 Å². The van der Waals surface area contributed by atoms with E-state index in [0.717, 1.165) is 51.4 Å². The molecule has 0 bridgehead atoms. The molecular formula is C24H29N5O2S. The van der Waals surface area contributed by atoms with Crippen LogP contribution in [0.1, 0.15) is 30.1 Å². The summed E-state index contributed by atoms with van der Waals surface area (Å²) >= 11 is 1.57. The van der Waals surface area contributed by atoms with Gasteiger partial charge in [0.1, 0.15) is 5.82 Å². The zero-order valence-corrected chi connectivity index (χ0v) is 19.2. The van der Waals surface area contributed by atoms with E-state index in [0.29, 0.717) is 17.8 Å². The average Bonchev–Trinajstić information content (AvgIpc) is 3.23. The number of fused-ring (bicyclic) bond motifs is 1. The first-order chi connectivity index (χ1) is 15.6. The Morgan fingerprint density at radius 3 is 2.50 bits per heavy atom. The highest BCUT2D eigenvalue weighted by molar-refractivity contribution is 7.13. The van der Waals surface area contributed by atoms with Crippen molar-refractivity contribution in [3.8, 4) is 0 Å². The lowest BCUT2D eigenvalue weighted by atomic mass is 10.2. The van der Waals surface area contributed by atoms with E-state index in [2.05, 4.69) is 49.1 Å². The van der Waals surface area contributed by atoms with Crippen LogP contribution in [0.3, 0.4) is 0 Å². The van der Waals surface area contributed by atoms with Crippen LogP contribution in [0.25, 0.3) is 10.1 Å². The van der Waals surface area contributed by atoms with Crippen molar-refractivity contribution in [1.82, 2.24) is 14.6 Å². The van der Waals surface area contributed by atoms with Crippen molar-refractivity contribution in [2.45, 2.75) is 19.8 Å². The van der Waals surface area contributed by atoms with E-state index in [-0.39, 0.29) is 11.8 Å². The van der Waals surface area contributed by atoms with Crippen molar-refractivity contribution >= 4 is 44.9 Å². The van der Waals surface area contributed by atoms with Crippen LogP contribution in [0, 0.1) is 0 Å². The summed E-state index contributed by atoms with van der Waals surface area (Å²) in [4.78, 5) is 28.2. The van der Waals surface area contributed by atoms with Crippen molar-refractivity contribution in [2.75, 3.05) is 49.5 Å². The molecule has 0 aliphatic carbocycles. The third-order valence-corrected chi connectivity index (χ3v) is 6.50. The van der Waals surface area contributed by atoms with Crippen LogP contribution in [0.5, 0.6) is 0 Å². The molecule has 2 aromatic carbocycles. The van der Waals surface area contributed by atoms with Crippen LogP contribution in [0.2, 0.25) is 0 Å². The highest BCUT2D eigenvalue weighted by Crippen LogP contribution is 2.29. The molecule has 0 saturated carbocycles. The number of carbonyl (C=O) groups is 2. The number of nitrogens with one attached hydrogen (secondary N) is 2. The van der Waals surface area contributed by atoms with Gasteiger partial charge in [0.15, 0.2) is 0 Å². The van der Waals surface area contributed by atoms with Gasteiger partial charge in [-0.05, 0) is 67.3 Å². The second kappa shape index (κ2) is 10.6. The second-order valence-electron chi connectivity index (χ2n) is 8.05. The molecular weight excluding hydrogens is 422 g/mol. The Morgan fingerprint density at radius 2 is 1.75 bits per heavy atom. The summed E-state index contributed by atoms with van der Waals surface area (Å²) in [7, 11) is 0. The molecule has 4 rings (SSSR count). The Labute approximate surface area is 192 Å². The van der Waals surface area contributed by atoms with E-state index in [9.17, 15) is 9.59 Å². The molecule has 2 amide bonds. The van der Waals surface area contributed by atoms with Crippen molar-refractivity contribution < 1.29 is 9.59 Å². The maximum absolute atomic E-state index is 12.3. The molecule has 1 aliphatic heterocycles. The first kappa shape index (κ1) is 22.2. The number of carbonyl (C=O) groups excluding carboxylic acids is 2. The zero-order chi connectivity index (χ0) is 22.3. The number of amides is 2. The van der Waals surface area contributed by atoms with Gasteiger partial charge in [-0.2, -0.15) is 4.37 Å². The van der Waals surface area contributed by atoms with E-state index in [4.69, 9.17) is 0 Å². The van der Waals surface area contributed by atoms with Crippen molar-refractivity contribution in [3.63, 3.8) is 0 Å². The van der Waals surface area contributed by atoms with E-state index in [1.165, 1.54) is 17.0 Å². The predicted octanol–water partition coefficient (Wildman–Crippen LogP) is 3.59. The minimum absolute atomic E-state index is 0.0801. The molecule has 0 radical (unpaired) electrons. The maximum atomic E-state index is 12.3. The Kier molecular flexibility index (Phi) is 7.34. The quantitative estimate of drug-likeness (QED) is 0.512. The lowest BCUT2D eigenvalue weighted by Crippen LogP contribution is -2.46. The Balaban J connectivity index is 1.13. The number of nitrogens with zero attached hydrogens (tertiary/aromatic N) is 3. The Bertz CT molecular complexity index is 1060. The normalized spacial score (nSPS) is 14.5. The number of piperazine rings is 1. The molecule has 0 spiro atoms. The Morgan fingerprint density at radius 1 is 1.00 bits per heavy atom. The third kappa shape index (κ3) is 5.63. The summed E-state index contributed by atoms with van der Waals surface area (Å²) in [6, 6.07) is 15.4. The molecule has 1 aliphatic rings. The van der Waals surface area contributed by atoms with Gasteiger partial charge in [-0.15, -0.1) is 0 Å². The topological polar surface area (TPSA) is 77.6 Å². The second-order valence-corrected chi connectivity index (χ2v) is 8.86. The largest absolute Gasteiger partial charge is 0.353 e. The van der Waals surface area contributed by atoms with Gasteiger partial charge in [-0.1, -0.05) is 12.1 Å². The number of hydrogen-bond donors (Lipinski definition) is 2. The predicted molar refractivity (Wildman–Crippen MR) is 131 cm³/mol. The molecule has 0 unspecified atom stereocenters. The van der Waals surface area contributed by atoms with Gasteiger partial charge >= 0.3 is 0 Å². The molecule has 3 aromatic rings. The van der Waals surface area contributed by atoms with Crippen LogP contribution < -0.4 is 15.5 Å². The van der Waals surface area contributed by atoms with Gasteiger partial charge < -0.3 is 15.5 Å². The first-order valence-corrected chi connectivity index (χ1v) is 11.8. The minimum Gasteiger partial charge on any atom is -0.353 e. The van der Waals surface area contributed by atoms with Crippen LogP contribution >= 0.6 is 11.5 Å². The fraction of sp³-hybridized carbons (Fsp3) is 0.375. The molecule has 0 atom stereocenters. The lowest BCUT2D eigenvalue weighted by Gasteiger charge is -2.35. The molecule has 7 nitrogen and oxygen atoms in total. The maximum Gasteiger partial charge on any atom is 0.251 e. The fourth-order valence-electron chi connectivity index (χ4n) is 3.96. The summed E-state index contributed by atoms with van der Waals surface area (Å²) in [6.07, 6.45) is 2.01.